The molecule has 0 aliphatic heterocycles. The number of carboxylic acid groups (broad SMARTS) is 1. The zero-order valence-corrected chi connectivity index (χ0v) is 12.2. The average molecular weight is 292 g/mol. The van der Waals surface area contributed by atoms with E-state index in [2.05, 4.69) is 10.6 Å². The van der Waals surface area contributed by atoms with Crippen LogP contribution < -0.4 is 10.6 Å². The molecule has 21 heavy (non-hydrogen) atoms. The maximum absolute atomic E-state index is 11.6. The first-order valence-electron chi connectivity index (χ1n) is 6.76. The molecule has 0 spiro atoms. The predicted molar refractivity (Wildman–Crippen MR) is 78.0 cm³/mol. The van der Waals surface area contributed by atoms with Crippen LogP contribution >= 0.6 is 0 Å². The number of hydrogen-bond acceptors (Lipinski definition) is 3. The molecule has 3 N–H and O–H groups in total. The molecule has 0 fully saturated rings. The van der Waals surface area contributed by atoms with Gasteiger partial charge in [0.15, 0.2) is 0 Å². The molecule has 0 atom stereocenters. The fourth-order valence-electron chi connectivity index (χ4n) is 1.71. The molecule has 0 unspecified atom stereocenters. The van der Waals surface area contributed by atoms with Crippen molar-refractivity contribution in [3.63, 3.8) is 0 Å². The maximum Gasteiger partial charge on any atom is 0.335 e. The van der Waals surface area contributed by atoms with Gasteiger partial charge in [0.25, 0.3) is 0 Å². The fourth-order valence-corrected chi connectivity index (χ4v) is 1.71. The van der Waals surface area contributed by atoms with Gasteiger partial charge in [-0.2, -0.15) is 0 Å². The molecular weight excluding hydrogens is 272 g/mol. The van der Waals surface area contributed by atoms with Crippen LogP contribution in [0.5, 0.6) is 0 Å². The molecule has 0 aromatic heterocycles. The summed E-state index contributed by atoms with van der Waals surface area (Å²) in [5.74, 6) is -1.41. The second-order valence-electron chi connectivity index (χ2n) is 5.00. The number of amides is 2. The maximum atomic E-state index is 11.6. The zero-order valence-electron chi connectivity index (χ0n) is 12.2. The Morgan fingerprint density at radius 2 is 1.71 bits per heavy atom. The molecular formula is C15H20N2O4. The highest BCUT2D eigenvalue weighted by Crippen LogP contribution is 2.06. The third-order valence-electron chi connectivity index (χ3n) is 2.74. The summed E-state index contributed by atoms with van der Waals surface area (Å²) < 4.78 is 0. The summed E-state index contributed by atoms with van der Waals surface area (Å²) in [4.78, 5) is 33.7. The van der Waals surface area contributed by atoms with E-state index < -0.39 is 5.97 Å². The van der Waals surface area contributed by atoms with Crippen LogP contribution in [0.1, 0.15) is 36.2 Å². The van der Waals surface area contributed by atoms with E-state index in [9.17, 15) is 14.4 Å². The SMILES string of the molecule is CC(C)NC(=O)CNC(=O)CCc1ccc(C(=O)O)cc1. The van der Waals surface area contributed by atoms with Gasteiger partial charge in [-0.15, -0.1) is 0 Å². The second kappa shape index (κ2) is 8.04. The normalized spacial score (nSPS) is 10.2. The first-order chi connectivity index (χ1) is 9.88. The van der Waals surface area contributed by atoms with E-state index in [0.717, 1.165) is 5.56 Å². The molecule has 0 saturated heterocycles. The Hall–Kier alpha value is -2.37. The molecule has 6 nitrogen and oxygen atoms in total. The summed E-state index contributed by atoms with van der Waals surface area (Å²) >= 11 is 0. The van der Waals surface area contributed by atoms with Crippen LogP contribution in [0.25, 0.3) is 0 Å². The van der Waals surface area contributed by atoms with Gasteiger partial charge < -0.3 is 15.7 Å². The molecule has 0 bridgehead atoms. The van der Waals surface area contributed by atoms with Crippen molar-refractivity contribution in [2.24, 2.45) is 0 Å². The standard InChI is InChI=1S/C15H20N2O4/c1-10(2)17-14(19)9-16-13(18)8-5-11-3-6-12(7-4-11)15(20)21/h3-4,6-7,10H,5,8-9H2,1-2H3,(H,16,18)(H,17,19)(H,20,21). The molecule has 114 valence electrons. The number of carbonyl (C=O) groups excluding carboxylic acids is 2. The summed E-state index contributed by atoms with van der Waals surface area (Å²) in [7, 11) is 0. The van der Waals surface area contributed by atoms with Crippen LogP contribution in [-0.2, 0) is 16.0 Å². The van der Waals surface area contributed by atoms with Crippen molar-refractivity contribution in [1.82, 2.24) is 10.6 Å². The average Bonchev–Trinajstić information content (AvgIpc) is 2.42. The van der Waals surface area contributed by atoms with Crippen molar-refractivity contribution in [3.05, 3.63) is 35.4 Å². The van der Waals surface area contributed by atoms with Crippen molar-refractivity contribution in [2.75, 3.05) is 6.54 Å². The lowest BCUT2D eigenvalue weighted by molar-refractivity contribution is -0.126. The lowest BCUT2D eigenvalue weighted by atomic mass is 10.1. The van der Waals surface area contributed by atoms with Gasteiger partial charge in [-0.3, -0.25) is 9.59 Å². The predicted octanol–water partition coefficient (Wildman–Crippen LogP) is 0.958. The highest BCUT2D eigenvalue weighted by Gasteiger charge is 2.07. The number of carbonyl (C=O) groups is 3. The Kier molecular flexibility index (Phi) is 6.39. The quantitative estimate of drug-likeness (QED) is 0.697. The minimum atomic E-state index is -0.976. The summed E-state index contributed by atoms with van der Waals surface area (Å²) in [5, 5.41) is 14.0. The highest BCUT2D eigenvalue weighted by molar-refractivity contribution is 5.87. The summed E-state index contributed by atoms with van der Waals surface area (Å²) in [6, 6.07) is 6.42. The van der Waals surface area contributed by atoms with Gasteiger partial charge in [-0.1, -0.05) is 12.1 Å². The first-order valence-corrected chi connectivity index (χ1v) is 6.76. The van der Waals surface area contributed by atoms with Crippen LogP contribution in [0.2, 0.25) is 0 Å². The van der Waals surface area contributed by atoms with Gasteiger partial charge in [0, 0.05) is 12.5 Å². The van der Waals surface area contributed by atoms with Gasteiger partial charge in [-0.05, 0) is 38.0 Å². The van der Waals surface area contributed by atoms with Crippen molar-refractivity contribution >= 4 is 17.8 Å². The van der Waals surface area contributed by atoms with E-state index in [4.69, 9.17) is 5.11 Å². The largest absolute Gasteiger partial charge is 0.478 e. The Bertz CT molecular complexity index is 509. The molecule has 6 heteroatoms. The third-order valence-corrected chi connectivity index (χ3v) is 2.74. The zero-order chi connectivity index (χ0) is 15.8. The number of aromatic carboxylic acids is 1. The summed E-state index contributed by atoms with van der Waals surface area (Å²) in [6.45, 7) is 3.66. The van der Waals surface area contributed by atoms with Crippen molar-refractivity contribution in [3.8, 4) is 0 Å². The molecule has 1 aromatic rings. The second-order valence-corrected chi connectivity index (χ2v) is 5.00. The topological polar surface area (TPSA) is 95.5 Å². The van der Waals surface area contributed by atoms with E-state index >= 15 is 0 Å². The molecule has 0 saturated carbocycles. The summed E-state index contributed by atoms with van der Waals surface area (Å²) in [5.41, 5.74) is 1.09. The summed E-state index contributed by atoms with van der Waals surface area (Å²) in [6.07, 6.45) is 0.749. The van der Waals surface area contributed by atoms with E-state index in [-0.39, 0.29) is 36.4 Å². The number of benzene rings is 1. The molecule has 0 heterocycles. The minimum Gasteiger partial charge on any atom is -0.478 e. The molecule has 1 aromatic carbocycles. The van der Waals surface area contributed by atoms with Crippen LogP contribution in [0.4, 0.5) is 0 Å². The van der Waals surface area contributed by atoms with Crippen molar-refractivity contribution in [1.29, 1.82) is 0 Å². The Morgan fingerprint density at radius 1 is 1.10 bits per heavy atom. The Labute approximate surface area is 123 Å². The molecule has 2 amide bonds. The first kappa shape index (κ1) is 16.7. The number of carboxylic acids is 1. The number of hydrogen-bond donors (Lipinski definition) is 3. The van der Waals surface area contributed by atoms with Crippen molar-refractivity contribution < 1.29 is 19.5 Å². The molecule has 1 rings (SSSR count). The van der Waals surface area contributed by atoms with Crippen LogP contribution in [-0.4, -0.2) is 35.5 Å². The Morgan fingerprint density at radius 3 is 2.24 bits per heavy atom. The fraction of sp³-hybridized carbons (Fsp3) is 0.400. The highest BCUT2D eigenvalue weighted by atomic mass is 16.4. The monoisotopic (exact) mass is 292 g/mol. The Balaban J connectivity index is 2.32. The molecule has 0 aliphatic carbocycles. The van der Waals surface area contributed by atoms with Gasteiger partial charge in [-0.25, -0.2) is 4.79 Å². The van der Waals surface area contributed by atoms with Crippen LogP contribution in [0, 0.1) is 0 Å². The van der Waals surface area contributed by atoms with E-state index in [0.29, 0.717) is 6.42 Å². The number of aryl methyl sites for hydroxylation is 1. The molecule has 0 radical (unpaired) electrons. The smallest absolute Gasteiger partial charge is 0.335 e. The lowest BCUT2D eigenvalue weighted by Crippen LogP contribution is -2.39. The number of nitrogens with one attached hydrogen (secondary N) is 2. The van der Waals surface area contributed by atoms with Gasteiger partial charge in [0.1, 0.15) is 0 Å². The minimum absolute atomic E-state index is 0.0328. The lowest BCUT2D eigenvalue weighted by Gasteiger charge is -2.09. The van der Waals surface area contributed by atoms with E-state index in [1.807, 2.05) is 13.8 Å². The van der Waals surface area contributed by atoms with Gasteiger partial charge >= 0.3 is 5.97 Å². The van der Waals surface area contributed by atoms with Crippen LogP contribution in [0.15, 0.2) is 24.3 Å². The molecule has 0 aliphatic rings. The van der Waals surface area contributed by atoms with Crippen molar-refractivity contribution in [2.45, 2.75) is 32.7 Å². The van der Waals surface area contributed by atoms with Crippen LogP contribution in [0.3, 0.4) is 0 Å². The van der Waals surface area contributed by atoms with Gasteiger partial charge in [0.05, 0.1) is 12.1 Å². The van der Waals surface area contributed by atoms with Gasteiger partial charge in [0.2, 0.25) is 11.8 Å². The van der Waals surface area contributed by atoms with E-state index in [1.165, 1.54) is 12.1 Å². The van der Waals surface area contributed by atoms with E-state index in [1.54, 1.807) is 12.1 Å². The third kappa shape index (κ3) is 6.56. The number of rotatable bonds is 7.